The third-order valence-electron chi connectivity index (χ3n) is 1.86. The fraction of sp³-hybridized carbons (Fsp3) is 0.111. The molecule has 2 aromatic rings. The van der Waals surface area contributed by atoms with Crippen LogP contribution in [0, 0.1) is 0 Å². The molecule has 0 saturated heterocycles. The van der Waals surface area contributed by atoms with Gasteiger partial charge in [0.1, 0.15) is 6.33 Å². The van der Waals surface area contributed by atoms with Gasteiger partial charge in [-0.15, -0.1) is 5.10 Å². The summed E-state index contributed by atoms with van der Waals surface area (Å²) in [5, 5.41) is 13.8. The highest BCUT2D eigenvalue weighted by Crippen LogP contribution is 2.13. The van der Waals surface area contributed by atoms with E-state index in [9.17, 15) is 4.79 Å². The summed E-state index contributed by atoms with van der Waals surface area (Å²) in [6.07, 6.45) is 1.49. The van der Waals surface area contributed by atoms with Crippen LogP contribution in [0.15, 0.2) is 30.6 Å². The number of hydrogen-bond donors (Lipinski definition) is 1. The average molecular weight is 282 g/mol. The minimum Gasteiger partial charge on any atom is -0.325 e. The molecule has 1 N–H and O–H groups in total. The first kappa shape index (κ1) is 10.7. The third-order valence-corrected chi connectivity index (χ3v) is 2.37. The molecule has 0 fully saturated rings. The minimum absolute atomic E-state index is 0.103. The lowest BCUT2D eigenvalue weighted by Gasteiger charge is -2.05. The molecule has 7 heteroatoms. The van der Waals surface area contributed by atoms with E-state index in [2.05, 4.69) is 36.8 Å². The second kappa shape index (κ2) is 4.84. The number of halogens is 1. The van der Waals surface area contributed by atoms with Gasteiger partial charge in [-0.25, -0.2) is 4.68 Å². The first-order valence-corrected chi connectivity index (χ1v) is 5.61. The van der Waals surface area contributed by atoms with E-state index < -0.39 is 0 Å². The smallest absolute Gasteiger partial charge is 0.235 e. The SMILES string of the molecule is O=C(CBr)Nc1cccc(-n2cnnn2)c1. The molecule has 0 aliphatic heterocycles. The maximum atomic E-state index is 11.2. The molecular formula is C9H8BrN5O. The Labute approximate surface area is 99.8 Å². The number of nitrogens with one attached hydrogen (secondary N) is 1. The highest BCUT2D eigenvalue weighted by atomic mass is 79.9. The van der Waals surface area contributed by atoms with Crippen molar-refractivity contribution in [2.45, 2.75) is 0 Å². The Morgan fingerprint density at radius 3 is 3.06 bits per heavy atom. The zero-order valence-corrected chi connectivity index (χ0v) is 9.75. The lowest BCUT2D eigenvalue weighted by Crippen LogP contribution is -2.12. The zero-order chi connectivity index (χ0) is 11.4. The fourth-order valence-electron chi connectivity index (χ4n) is 1.20. The molecule has 0 atom stereocenters. The Balaban J connectivity index is 2.23. The number of nitrogens with zero attached hydrogens (tertiary/aromatic N) is 4. The second-order valence-corrected chi connectivity index (χ2v) is 3.55. The molecule has 0 radical (unpaired) electrons. The van der Waals surface area contributed by atoms with Crippen LogP contribution < -0.4 is 5.32 Å². The van der Waals surface area contributed by atoms with Gasteiger partial charge in [0.15, 0.2) is 0 Å². The molecule has 1 aromatic heterocycles. The Bertz CT molecular complexity index is 484. The quantitative estimate of drug-likeness (QED) is 0.852. The van der Waals surface area contributed by atoms with Crippen molar-refractivity contribution >= 4 is 27.5 Å². The van der Waals surface area contributed by atoms with Gasteiger partial charge in [0.25, 0.3) is 0 Å². The van der Waals surface area contributed by atoms with Gasteiger partial charge >= 0.3 is 0 Å². The Morgan fingerprint density at radius 2 is 2.38 bits per heavy atom. The highest BCUT2D eigenvalue weighted by Gasteiger charge is 2.02. The maximum Gasteiger partial charge on any atom is 0.235 e. The summed E-state index contributed by atoms with van der Waals surface area (Å²) in [5.74, 6) is -0.103. The van der Waals surface area contributed by atoms with Gasteiger partial charge in [-0.2, -0.15) is 0 Å². The first-order chi connectivity index (χ1) is 7.79. The van der Waals surface area contributed by atoms with Crippen molar-refractivity contribution in [2.24, 2.45) is 0 Å². The van der Waals surface area contributed by atoms with Crippen molar-refractivity contribution in [1.29, 1.82) is 0 Å². The van der Waals surface area contributed by atoms with Crippen LogP contribution in [0.1, 0.15) is 0 Å². The van der Waals surface area contributed by atoms with E-state index in [0.717, 1.165) is 5.69 Å². The van der Waals surface area contributed by atoms with Crippen LogP contribution in [-0.4, -0.2) is 31.4 Å². The van der Waals surface area contributed by atoms with Crippen molar-refractivity contribution in [3.05, 3.63) is 30.6 Å². The summed E-state index contributed by atoms with van der Waals surface area (Å²) in [5.41, 5.74) is 1.50. The number of carbonyl (C=O) groups excluding carboxylic acids is 1. The third kappa shape index (κ3) is 2.43. The van der Waals surface area contributed by atoms with Crippen LogP contribution in [0.25, 0.3) is 5.69 Å². The van der Waals surface area contributed by atoms with Gasteiger partial charge in [-0.1, -0.05) is 22.0 Å². The summed E-state index contributed by atoms with van der Waals surface area (Å²) in [7, 11) is 0. The van der Waals surface area contributed by atoms with Crippen LogP contribution in [0.5, 0.6) is 0 Å². The van der Waals surface area contributed by atoms with Crippen LogP contribution >= 0.6 is 15.9 Å². The van der Waals surface area contributed by atoms with Crippen LogP contribution in [0.4, 0.5) is 5.69 Å². The number of tetrazole rings is 1. The van der Waals surface area contributed by atoms with Crippen molar-refractivity contribution in [3.63, 3.8) is 0 Å². The summed E-state index contributed by atoms with van der Waals surface area (Å²) in [6.45, 7) is 0. The van der Waals surface area contributed by atoms with Gasteiger partial charge in [0.05, 0.1) is 11.0 Å². The molecule has 1 amide bonds. The molecule has 0 unspecified atom stereocenters. The van der Waals surface area contributed by atoms with Crippen molar-refractivity contribution in [2.75, 3.05) is 10.6 Å². The molecule has 16 heavy (non-hydrogen) atoms. The molecule has 0 spiro atoms. The van der Waals surface area contributed by atoms with Crippen molar-refractivity contribution in [3.8, 4) is 5.69 Å². The molecule has 2 rings (SSSR count). The number of alkyl halides is 1. The molecule has 0 aliphatic rings. The van der Waals surface area contributed by atoms with E-state index in [-0.39, 0.29) is 11.2 Å². The zero-order valence-electron chi connectivity index (χ0n) is 8.17. The van der Waals surface area contributed by atoms with Gasteiger partial charge < -0.3 is 5.32 Å². The summed E-state index contributed by atoms with van der Waals surface area (Å²) in [4.78, 5) is 11.2. The monoisotopic (exact) mass is 281 g/mol. The average Bonchev–Trinajstić information content (AvgIpc) is 2.83. The number of anilines is 1. The molecule has 0 saturated carbocycles. The van der Waals surface area contributed by atoms with Gasteiger partial charge in [0.2, 0.25) is 5.91 Å². The Hall–Kier alpha value is -1.76. The first-order valence-electron chi connectivity index (χ1n) is 4.49. The van der Waals surface area contributed by atoms with Crippen LogP contribution in [0.3, 0.4) is 0 Å². The highest BCUT2D eigenvalue weighted by molar-refractivity contribution is 9.09. The largest absolute Gasteiger partial charge is 0.325 e. The number of rotatable bonds is 3. The van der Waals surface area contributed by atoms with E-state index >= 15 is 0 Å². The summed E-state index contributed by atoms with van der Waals surface area (Å²) in [6, 6.07) is 7.26. The van der Waals surface area contributed by atoms with Crippen LogP contribution in [0.2, 0.25) is 0 Å². The Morgan fingerprint density at radius 1 is 1.50 bits per heavy atom. The van der Waals surface area contributed by atoms with Crippen molar-refractivity contribution < 1.29 is 4.79 Å². The number of carbonyl (C=O) groups is 1. The van der Waals surface area contributed by atoms with Gasteiger partial charge in [0, 0.05) is 5.69 Å². The predicted octanol–water partition coefficient (Wildman–Crippen LogP) is 0.996. The number of amides is 1. The summed E-state index contributed by atoms with van der Waals surface area (Å²) >= 11 is 3.08. The van der Waals surface area contributed by atoms with Gasteiger partial charge in [-0.3, -0.25) is 4.79 Å². The summed E-state index contributed by atoms with van der Waals surface area (Å²) < 4.78 is 1.52. The second-order valence-electron chi connectivity index (χ2n) is 2.99. The number of aromatic nitrogens is 4. The number of benzene rings is 1. The van der Waals surface area contributed by atoms with E-state index in [0.29, 0.717) is 5.69 Å². The molecule has 0 bridgehead atoms. The van der Waals surface area contributed by atoms with E-state index in [1.165, 1.54) is 11.0 Å². The maximum absolute atomic E-state index is 11.2. The predicted molar refractivity (Wildman–Crippen MR) is 61.6 cm³/mol. The van der Waals surface area contributed by atoms with E-state index in [1.807, 2.05) is 12.1 Å². The molecule has 82 valence electrons. The fourth-order valence-corrected chi connectivity index (χ4v) is 1.34. The molecule has 6 nitrogen and oxygen atoms in total. The Kier molecular flexibility index (Phi) is 3.25. The van der Waals surface area contributed by atoms with Gasteiger partial charge in [-0.05, 0) is 28.6 Å². The molecule has 1 heterocycles. The topological polar surface area (TPSA) is 72.7 Å². The minimum atomic E-state index is -0.103. The lowest BCUT2D eigenvalue weighted by atomic mass is 10.3. The molecular weight excluding hydrogens is 274 g/mol. The normalized spacial score (nSPS) is 10.1. The molecule has 1 aromatic carbocycles. The molecule has 0 aliphatic carbocycles. The van der Waals surface area contributed by atoms with E-state index in [4.69, 9.17) is 0 Å². The number of hydrogen-bond acceptors (Lipinski definition) is 4. The van der Waals surface area contributed by atoms with Crippen LogP contribution in [-0.2, 0) is 4.79 Å². The van der Waals surface area contributed by atoms with Crippen molar-refractivity contribution in [1.82, 2.24) is 20.2 Å². The lowest BCUT2D eigenvalue weighted by molar-refractivity contribution is -0.113. The van der Waals surface area contributed by atoms with E-state index in [1.54, 1.807) is 12.1 Å². The standard InChI is InChI=1S/C9H8BrN5O/c10-5-9(16)12-7-2-1-3-8(4-7)15-6-11-13-14-15/h1-4,6H,5H2,(H,12,16).